The summed E-state index contributed by atoms with van der Waals surface area (Å²) in [6.07, 6.45) is 2.54. The molecule has 0 radical (unpaired) electrons. The van der Waals surface area contributed by atoms with Crippen molar-refractivity contribution >= 4 is 12.1 Å². The van der Waals surface area contributed by atoms with Gasteiger partial charge in [-0.15, -0.1) is 0 Å². The van der Waals surface area contributed by atoms with Crippen LogP contribution in [-0.4, -0.2) is 24.8 Å². The molecule has 1 fully saturated rings. The van der Waals surface area contributed by atoms with Gasteiger partial charge in [0.15, 0.2) is 0 Å². The number of nitrogens with two attached hydrogens (primary N) is 1. The van der Waals surface area contributed by atoms with E-state index in [1.807, 2.05) is 0 Å². The molecular formula is C15H25NO4. The van der Waals surface area contributed by atoms with Gasteiger partial charge < -0.3 is 15.2 Å². The molecule has 3 atom stereocenters. The fourth-order valence-electron chi connectivity index (χ4n) is 2.68. The fraction of sp³-hybridized carbons (Fsp3) is 0.733. The Morgan fingerprint density at radius 2 is 2.10 bits per heavy atom. The van der Waals surface area contributed by atoms with Gasteiger partial charge in [0.1, 0.15) is 6.10 Å². The van der Waals surface area contributed by atoms with E-state index in [9.17, 15) is 9.59 Å². The quantitative estimate of drug-likeness (QED) is 0.621. The van der Waals surface area contributed by atoms with E-state index < -0.39 is 6.09 Å². The lowest BCUT2D eigenvalue weighted by Crippen LogP contribution is -2.38. The first kappa shape index (κ1) is 16.5. The molecular weight excluding hydrogens is 258 g/mol. The third-order valence-corrected chi connectivity index (χ3v) is 4.38. The van der Waals surface area contributed by atoms with Gasteiger partial charge in [-0.25, -0.2) is 9.59 Å². The fourth-order valence-corrected chi connectivity index (χ4v) is 2.68. The number of primary amides is 1. The van der Waals surface area contributed by atoms with Crippen LogP contribution in [0.4, 0.5) is 4.79 Å². The molecule has 1 aliphatic rings. The lowest BCUT2D eigenvalue weighted by molar-refractivity contribution is -0.140. The smallest absolute Gasteiger partial charge is 0.404 e. The van der Waals surface area contributed by atoms with Crippen LogP contribution in [-0.2, 0) is 14.3 Å². The van der Waals surface area contributed by atoms with Crippen molar-refractivity contribution in [2.75, 3.05) is 6.61 Å². The number of hydrogen-bond acceptors (Lipinski definition) is 4. The van der Waals surface area contributed by atoms with Gasteiger partial charge >= 0.3 is 12.1 Å². The normalized spacial score (nSPS) is 29.6. The first-order chi connectivity index (χ1) is 9.24. The van der Waals surface area contributed by atoms with Crippen LogP contribution < -0.4 is 5.73 Å². The minimum absolute atomic E-state index is 0.0893. The van der Waals surface area contributed by atoms with Gasteiger partial charge in [0, 0.05) is 5.57 Å². The van der Waals surface area contributed by atoms with Crippen LogP contribution in [0.2, 0.25) is 0 Å². The van der Waals surface area contributed by atoms with Gasteiger partial charge in [0.05, 0.1) is 6.61 Å². The summed E-state index contributed by atoms with van der Waals surface area (Å²) in [4.78, 5) is 22.1. The molecule has 1 saturated carbocycles. The maximum absolute atomic E-state index is 11.4. The summed E-state index contributed by atoms with van der Waals surface area (Å²) in [7, 11) is 0. The highest BCUT2D eigenvalue weighted by Crippen LogP contribution is 2.44. The Balaban J connectivity index is 2.44. The minimum Gasteiger partial charge on any atom is -0.462 e. The van der Waals surface area contributed by atoms with E-state index in [4.69, 9.17) is 15.2 Å². The van der Waals surface area contributed by atoms with Crippen molar-refractivity contribution in [1.29, 1.82) is 0 Å². The Labute approximate surface area is 120 Å². The highest BCUT2D eigenvalue weighted by Gasteiger charge is 2.38. The first-order valence-electron chi connectivity index (χ1n) is 7.03. The molecule has 1 amide bonds. The average molecular weight is 283 g/mol. The molecule has 0 spiro atoms. The number of amides is 1. The molecule has 20 heavy (non-hydrogen) atoms. The van der Waals surface area contributed by atoms with E-state index in [0.717, 1.165) is 25.7 Å². The number of ether oxygens (including phenoxy) is 2. The summed E-state index contributed by atoms with van der Waals surface area (Å²) in [5, 5.41) is 0. The lowest BCUT2D eigenvalue weighted by atomic mass is 9.66. The van der Waals surface area contributed by atoms with Crippen LogP contribution in [0.25, 0.3) is 0 Å². The second-order valence-electron chi connectivity index (χ2n) is 6.05. The Morgan fingerprint density at radius 1 is 1.45 bits per heavy atom. The maximum atomic E-state index is 11.4. The monoisotopic (exact) mass is 283 g/mol. The molecule has 2 N–H and O–H groups in total. The molecule has 5 nitrogen and oxygen atoms in total. The van der Waals surface area contributed by atoms with Gasteiger partial charge in [-0.1, -0.05) is 20.4 Å². The van der Waals surface area contributed by atoms with Crippen LogP contribution in [0.5, 0.6) is 0 Å². The third kappa shape index (κ3) is 4.54. The van der Waals surface area contributed by atoms with Gasteiger partial charge in [-0.3, -0.25) is 0 Å². The zero-order valence-electron chi connectivity index (χ0n) is 12.6. The van der Waals surface area contributed by atoms with E-state index in [1.165, 1.54) is 0 Å². The topological polar surface area (TPSA) is 78.6 Å². The Morgan fingerprint density at radius 3 is 2.60 bits per heavy atom. The van der Waals surface area contributed by atoms with Crippen LogP contribution in [0.15, 0.2) is 12.2 Å². The SMILES string of the molecule is C=C(C)C(=O)OCCC1(C)CC[C@H](OC(N)=O)C[C@@H]1C. The van der Waals surface area contributed by atoms with E-state index in [-0.39, 0.29) is 17.5 Å². The summed E-state index contributed by atoms with van der Waals surface area (Å²) in [5.41, 5.74) is 5.56. The van der Waals surface area contributed by atoms with Crippen molar-refractivity contribution in [3.63, 3.8) is 0 Å². The number of rotatable bonds is 5. The highest BCUT2D eigenvalue weighted by atomic mass is 16.6. The van der Waals surface area contributed by atoms with Gasteiger partial charge in [0.2, 0.25) is 0 Å². The van der Waals surface area contributed by atoms with E-state index >= 15 is 0 Å². The van der Waals surface area contributed by atoms with Gasteiger partial charge in [0.25, 0.3) is 0 Å². The Kier molecular flexibility index (Phi) is 5.60. The van der Waals surface area contributed by atoms with Crippen LogP contribution in [0, 0.1) is 11.3 Å². The molecule has 0 heterocycles. The van der Waals surface area contributed by atoms with Gasteiger partial charge in [-0.2, -0.15) is 0 Å². The summed E-state index contributed by atoms with van der Waals surface area (Å²) in [6.45, 7) is 9.91. The third-order valence-electron chi connectivity index (χ3n) is 4.38. The summed E-state index contributed by atoms with van der Waals surface area (Å²) >= 11 is 0. The van der Waals surface area contributed by atoms with Crippen molar-refractivity contribution in [3.05, 3.63) is 12.2 Å². The van der Waals surface area contributed by atoms with E-state index in [2.05, 4.69) is 20.4 Å². The Bertz CT molecular complexity index is 393. The average Bonchev–Trinajstić information content (AvgIpc) is 2.33. The van der Waals surface area contributed by atoms with Crippen molar-refractivity contribution in [1.82, 2.24) is 0 Å². The molecule has 0 aromatic rings. The van der Waals surface area contributed by atoms with Crippen molar-refractivity contribution in [2.24, 2.45) is 17.1 Å². The van der Waals surface area contributed by atoms with Crippen molar-refractivity contribution < 1.29 is 19.1 Å². The van der Waals surface area contributed by atoms with Gasteiger partial charge in [-0.05, 0) is 43.9 Å². The molecule has 1 unspecified atom stereocenters. The maximum Gasteiger partial charge on any atom is 0.404 e. The second-order valence-corrected chi connectivity index (χ2v) is 6.05. The molecule has 0 aromatic heterocycles. The molecule has 1 rings (SSSR count). The molecule has 0 saturated heterocycles. The number of carbonyl (C=O) groups excluding carboxylic acids is 2. The Hall–Kier alpha value is -1.52. The molecule has 1 aliphatic carbocycles. The van der Waals surface area contributed by atoms with Crippen molar-refractivity contribution in [2.45, 2.75) is 52.6 Å². The number of carbonyl (C=O) groups is 2. The largest absolute Gasteiger partial charge is 0.462 e. The highest BCUT2D eigenvalue weighted by molar-refractivity contribution is 5.86. The molecule has 0 aromatic carbocycles. The zero-order valence-corrected chi connectivity index (χ0v) is 12.6. The van der Waals surface area contributed by atoms with Crippen LogP contribution in [0.3, 0.4) is 0 Å². The van der Waals surface area contributed by atoms with Crippen LogP contribution >= 0.6 is 0 Å². The standard InChI is InChI=1S/C15H25NO4/c1-10(2)13(17)19-8-7-15(4)6-5-12(9-11(15)3)20-14(16)18/h11-12H,1,5-9H2,2-4H3,(H2,16,18)/t11-,12-,15?/m0/s1. The zero-order chi connectivity index (χ0) is 15.3. The molecule has 0 aliphatic heterocycles. The molecule has 5 heteroatoms. The number of esters is 1. The van der Waals surface area contributed by atoms with Crippen molar-refractivity contribution in [3.8, 4) is 0 Å². The van der Waals surface area contributed by atoms with Crippen LogP contribution in [0.1, 0.15) is 46.5 Å². The summed E-state index contributed by atoms with van der Waals surface area (Å²) < 4.78 is 10.2. The lowest BCUT2D eigenvalue weighted by Gasteiger charge is -2.42. The predicted octanol–water partition coefficient (Wildman–Crippen LogP) is 2.79. The summed E-state index contributed by atoms with van der Waals surface area (Å²) in [5.74, 6) is 0.0381. The number of hydrogen-bond donors (Lipinski definition) is 1. The van der Waals surface area contributed by atoms with E-state index in [0.29, 0.717) is 18.1 Å². The summed E-state index contributed by atoms with van der Waals surface area (Å²) in [6, 6.07) is 0. The van der Waals surface area contributed by atoms with E-state index in [1.54, 1.807) is 6.92 Å². The predicted molar refractivity (Wildman–Crippen MR) is 76.0 cm³/mol. The minimum atomic E-state index is -0.707. The molecule has 0 bridgehead atoms. The molecule has 114 valence electrons. The first-order valence-corrected chi connectivity index (χ1v) is 7.03. The second kappa shape index (κ2) is 6.77.